The van der Waals surface area contributed by atoms with Crippen molar-refractivity contribution in [3.63, 3.8) is 0 Å². The summed E-state index contributed by atoms with van der Waals surface area (Å²) in [5, 5.41) is 3.00. The van der Waals surface area contributed by atoms with Gasteiger partial charge in [0.15, 0.2) is 0 Å². The molecule has 0 radical (unpaired) electrons. The Morgan fingerprint density at radius 3 is 2.32 bits per heavy atom. The van der Waals surface area contributed by atoms with Gasteiger partial charge in [0.05, 0.1) is 10.5 Å². The molecule has 2 N–H and O–H groups in total. The Balaban J connectivity index is 2.16. The average Bonchev–Trinajstić information content (AvgIpc) is 2.80. The summed E-state index contributed by atoms with van der Waals surface area (Å²) in [6, 6.07) is 3.25. The van der Waals surface area contributed by atoms with Crippen LogP contribution in [0.15, 0.2) is 29.2 Å². The molecule has 2 rings (SSSR count). The number of hydrogen-bond donors (Lipinski definition) is 2. The molecule has 1 fully saturated rings. The molecule has 8 heteroatoms. The minimum Gasteiger partial charge on any atom is -0.315 e. The highest BCUT2D eigenvalue weighted by Gasteiger charge is 2.31. The van der Waals surface area contributed by atoms with E-state index in [2.05, 4.69) is 10.0 Å². The van der Waals surface area contributed by atoms with E-state index in [9.17, 15) is 21.6 Å². The normalized spacial score (nSPS) is 20.7. The van der Waals surface area contributed by atoms with E-state index >= 15 is 0 Å². The molecule has 0 saturated carbocycles. The molecular weight excluding hydrogens is 281 g/mol. The first-order chi connectivity index (χ1) is 8.79. The molecule has 0 bridgehead atoms. The molecule has 1 saturated heterocycles. The molecule has 1 aliphatic rings. The topological polar surface area (TPSA) is 58.2 Å². The van der Waals surface area contributed by atoms with Crippen LogP contribution in [0.25, 0.3) is 0 Å². The third-order valence-electron chi connectivity index (χ3n) is 2.87. The lowest BCUT2D eigenvalue weighted by Gasteiger charge is -2.13. The number of alkyl halides is 3. The van der Waals surface area contributed by atoms with E-state index in [4.69, 9.17) is 0 Å². The van der Waals surface area contributed by atoms with Crippen molar-refractivity contribution < 1.29 is 21.6 Å². The largest absolute Gasteiger partial charge is 0.416 e. The maximum atomic E-state index is 12.4. The van der Waals surface area contributed by atoms with Gasteiger partial charge in [-0.15, -0.1) is 0 Å². The van der Waals surface area contributed by atoms with Gasteiger partial charge in [-0.25, -0.2) is 13.1 Å². The molecular formula is C11H13F3N2O2S. The summed E-state index contributed by atoms with van der Waals surface area (Å²) in [5.41, 5.74) is -0.867. The molecule has 1 aromatic rings. The van der Waals surface area contributed by atoms with Crippen LogP contribution in [0.3, 0.4) is 0 Å². The second-order valence-electron chi connectivity index (χ2n) is 4.33. The lowest BCUT2D eigenvalue weighted by molar-refractivity contribution is -0.137. The first kappa shape index (κ1) is 14.3. The maximum absolute atomic E-state index is 12.4. The highest BCUT2D eigenvalue weighted by molar-refractivity contribution is 7.89. The van der Waals surface area contributed by atoms with E-state index in [1.807, 2.05) is 0 Å². The van der Waals surface area contributed by atoms with Crippen LogP contribution in [-0.4, -0.2) is 27.5 Å². The van der Waals surface area contributed by atoms with Crippen molar-refractivity contribution in [3.8, 4) is 0 Å². The lowest BCUT2D eigenvalue weighted by atomic mass is 10.2. The Labute approximate surface area is 109 Å². The van der Waals surface area contributed by atoms with Crippen LogP contribution in [0.5, 0.6) is 0 Å². The SMILES string of the molecule is O=S(=O)(N[C@H]1CCNC1)c1ccc(C(F)(F)F)cc1. The highest BCUT2D eigenvalue weighted by atomic mass is 32.2. The summed E-state index contributed by atoms with van der Waals surface area (Å²) in [5.74, 6) is 0. The third kappa shape index (κ3) is 3.46. The molecule has 0 aliphatic carbocycles. The smallest absolute Gasteiger partial charge is 0.315 e. The molecule has 4 nitrogen and oxygen atoms in total. The van der Waals surface area contributed by atoms with Crippen LogP contribution in [0.4, 0.5) is 13.2 Å². The number of sulfonamides is 1. The molecule has 0 aromatic heterocycles. The van der Waals surface area contributed by atoms with E-state index in [1.54, 1.807) is 0 Å². The van der Waals surface area contributed by atoms with Gasteiger partial charge in [-0.1, -0.05) is 0 Å². The predicted molar refractivity (Wildman–Crippen MR) is 63.0 cm³/mol. The Morgan fingerprint density at radius 2 is 1.84 bits per heavy atom. The van der Waals surface area contributed by atoms with Crippen molar-refractivity contribution in [2.24, 2.45) is 0 Å². The average molecular weight is 294 g/mol. The van der Waals surface area contributed by atoms with Gasteiger partial charge in [0.1, 0.15) is 0 Å². The quantitative estimate of drug-likeness (QED) is 0.884. The molecule has 0 spiro atoms. The molecule has 106 valence electrons. The van der Waals surface area contributed by atoms with Crippen LogP contribution < -0.4 is 10.0 Å². The summed E-state index contributed by atoms with van der Waals surface area (Å²) < 4.78 is 63.4. The second kappa shape index (κ2) is 5.10. The van der Waals surface area contributed by atoms with Gasteiger partial charge in [0, 0.05) is 12.6 Å². The number of hydrogen-bond acceptors (Lipinski definition) is 3. The highest BCUT2D eigenvalue weighted by Crippen LogP contribution is 2.29. The van der Waals surface area contributed by atoms with E-state index in [0.29, 0.717) is 13.0 Å². The Bertz CT molecular complexity index is 534. The summed E-state index contributed by atoms with van der Waals surface area (Å²) in [6.07, 6.45) is -3.80. The van der Waals surface area contributed by atoms with Gasteiger partial charge in [0.25, 0.3) is 0 Å². The number of rotatable bonds is 3. The van der Waals surface area contributed by atoms with Gasteiger partial charge in [0.2, 0.25) is 10.0 Å². The fraction of sp³-hybridized carbons (Fsp3) is 0.455. The third-order valence-corrected chi connectivity index (χ3v) is 4.41. The second-order valence-corrected chi connectivity index (χ2v) is 6.05. The zero-order valence-electron chi connectivity index (χ0n) is 9.87. The van der Waals surface area contributed by atoms with E-state index in [0.717, 1.165) is 30.8 Å². The summed E-state index contributed by atoms with van der Waals surface area (Å²) >= 11 is 0. The van der Waals surface area contributed by atoms with Crippen molar-refractivity contribution in [3.05, 3.63) is 29.8 Å². The predicted octanol–water partition coefficient (Wildman–Crippen LogP) is 1.35. The van der Waals surface area contributed by atoms with Crippen LogP contribution in [0.2, 0.25) is 0 Å². The van der Waals surface area contributed by atoms with Crippen LogP contribution >= 0.6 is 0 Å². The van der Waals surface area contributed by atoms with Gasteiger partial charge in [-0.3, -0.25) is 0 Å². The van der Waals surface area contributed by atoms with Gasteiger partial charge >= 0.3 is 6.18 Å². The Hall–Kier alpha value is -1.12. The first-order valence-electron chi connectivity index (χ1n) is 5.69. The van der Waals surface area contributed by atoms with E-state index < -0.39 is 21.8 Å². The summed E-state index contributed by atoms with van der Waals surface area (Å²) in [4.78, 5) is -0.160. The van der Waals surface area contributed by atoms with Crippen molar-refractivity contribution >= 4 is 10.0 Å². The molecule has 1 aromatic carbocycles. The van der Waals surface area contributed by atoms with Crippen LogP contribution in [0.1, 0.15) is 12.0 Å². The summed E-state index contributed by atoms with van der Waals surface area (Å²) in [7, 11) is -3.76. The lowest BCUT2D eigenvalue weighted by Crippen LogP contribution is -2.36. The molecule has 0 unspecified atom stereocenters. The molecule has 0 amide bonds. The zero-order valence-corrected chi connectivity index (χ0v) is 10.7. The minimum atomic E-state index is -4.47. The van der Waals surface area contributed by atoms with Crippen LogP contribution in [0, 0.1) is 0 Å². The molecule has 1 aliphatic heterocycles. The first-order valence-corrected chi connectivity index (χ1v) is 7.18. The fourth-order valence-corrected chi connectivity index (χ4v) is 3.14. The Kier molecular flexibility index (Phi) is 3.84. The minimum absolute atomic E-state index is 0.160. The number of halogens is 3. The Morgan fingerprint density at radius 1 is 1.21 bits per heavy atom. The maximum Gasteiger partial charge on any atom is 0.416 e. The van der Waals surface area contributed by atoms with E-state index in [-0.39, 0.29) is 10.9 Å². The van der Waals surface area contributed by atoms with Gasteiger partial charge in [-0.05, 0) is 37.2 Å². The molecule has 1 heterocycles. The molecule has 1 atom stereocenters. The van der Waals surface area contributed by atoms with Crippen molar-refractivity contribution in [2.75, 3.05) is 13.1 Å². The summed E-state index contributed by atoms with van der Waals surface area (Å²) in [6.45, 7) is 1.25. The van der Waals surface area contributed by atoms with E-state index in [1.165, 1.54) is 0 Å². The fourth-order valence-electron chi connectivity index (χ4n) is 1.87. The van der Waals surface area contributed by atoms with Crippen molar-refractivity contribution in [1.29, 1.82) is 0 Å². The van der Waals surface area contributed by atoms with Crippen molar-refractivity contribution in [2.45, 2.75) is 23.5 Å². The monoisotopic (exact) mass is 294 g/mol. The molecule has 19 heavy (non-hydrogen) atoms. The van der Waals surface area contributed by atoms with Gasteiger partial charge < -0.3 is 5.32 Å². The van der Waals surface area contributed by atoms with Crippen LogP contribution in [-0.2, 0) is 16.2 Å². The van der Waals surface area contributed by atoms with Gasteiger partial charge in [-0.2, -0.15) is 13.2 Å². The number of benzene rings is 1. The number of nitrogens with one attached hydrogen (secondary N) is 2. The zero-order chi connectivity index (χ0) is 14.1. The standard InChI is InChI=1S/C11H13F3N2O2S/c12-11(13,14)8-1-3-10(4-2-8)19(17,18)16-9-5-6-15-7-9/h1-4,9,15-16H,5-7H2/t9-/m0/s1. The van der Waals surface area contributed by atoms with Crippen molar-refractivity contribution in [1.82, 2.24) is 10.0 Å².